The minimum absolute atomic E-state index is 0.444. The van der Waals surface area contributed by atoms with E-state index in [1.807, 2.05) is 6.92 Å². The standard InChI is InChI=1S/C21H30O9/c1-9-4-3-5-11-6-14(13(7-12(9)11)10(2)19(26)27)20(28)30-21-18(25)17(24)16(23)15(8-22)29-21/h6,10,13-18,21-25H,3-5,7-8H2,1-2H3,(H,26,27)/t10?,13?,14?,15-,16-,17+,18-,21+/m1/s1. The number of carboxylic acids is 1. The molecule has 0 bridgehead atoms. The van der Waals surface area contributed by atoms with Crippen LogP contribution in [-0.4, -0.2) is 74.8 Å². The minimum atomic E-state index is -1.70. The molecule has 0 saturated carbocycles. The summed E-state index contributed by atoms with van der Waals surface area (Å²) in [6.45, 7) is 2.94. The van der Waals surface area contributed by atoms with Crippen LogP contribution in [0.15, 0.2) is 22.8 Å². The van der Waals surface area contributed by atoms with Gasteiger partial charge in [0.15, 0.2) is 0 Å². The molecule has 0 amide bonds. The largest absolute Gasteiger partial charge is 0.481 e. The van der Waals surface area contributed by atoms with Crippen LogP contribution < -0.4 is 0 Å². The predicted molar refractivity (Wildman–Crippen MR) is 103 cm³/mol. The lowest BCUT2D eigenvalue weighted by Gasteiger charge is -2.40. The highest BCUT2D eigenvalue weighted by Crippen LogP contribution is 2.44. The van der Waals surface area contributed by atoms with Crippen LogP contribution in [0.25, 0.3) is 0 Å². The number of hydrogen-bond donors (Lipinski definition) is 5. The summed E-state index contributed by atoms with van der Waals surface area (Å²) in [6, 6.07) is 0. The lowest BCUT2D eigenvalue weighted by Crippen LogP contribution is -2.59. The Labute approximate surface area is 174 Å². The molecule has 8 atom stereocenters. The zero-order valence-corrected chi connectivity index (χ0v) is 17.1. The number of fused-ring (bicyclic) bond motifs is 1. The molecule has 168 valence electrons. The Morgan fingerprint density at radius 1 is 1.20 bits per heavy atom. The smallest absolute Gasteiger partial charge is 0.315 e. The minimum Gasteiger partial charge on any atom is -0.481 e. The summed E-state index contributed by atoms with van der Waals surface area (Å²) in [5, 5.41) is 48.8. The lowest BCUT2D eigenvalue weighted by atomic mass is 9.69. The molecule has 0 aromatic carbocycles. The van der Waals surface area contributed by atoms with Crippen molar-refractivity contribution >= 4 is 11.9 Å². The van der Waals surface area contributed by atoms with E-state index in [2.05, 4.69) is 0 Å². The number of rotatable bonds is 5. The molecule has 9 nitrogen and oxygen atoms in total. The summed E-state index contributed by atoms with van der Waals surface area (Å²) < 4.78 is 10.6. The average Bonchev–Trinajstić information content (AvgIpc) is 2.72. The van der Waals surface area contributed by atoms with Crippen LogP contribution in [0.3, 0.4) is 0 Å². The number of aliphatic hydroxyl groups is 4. The van der Waals surface area contributed by atoms with E-state index in [0.717, 1.165) is 30.4 Å². The van der Waals surface area contributed by atoms with Crippen LogP contribution in [0.4, 0.5) is 0 Å². The molecular formula is C21H30O9. The van der Waals surface area contributed by atoms with Crippen LogP contribution >= 0.6 is 0 Å². The van der Waals surface area contributed by atoms with Crippen molar-refractivity contribution in [1.82, 2.24) is 0 Å². The van der Waals surface area contributed by atoms with Crippen molar-refractivity contribution in [2.45, 2.75) is 70.2 Å². The van der Waals surface area contributed by atoms with Crippen molar-refractivity contribution in [3.63, 3.8) is 0 Å². The molecule has 0 aromatic rings. The monoisotopic (exact) mass is 426 g/mol. The van der Waals surface area contributed by atoms with Crippen LogP contribution in [-0.2, 0) is 19.1 Å². The summed E-state index contributed by atoms with van der Waals surface area (Å²) in [5.74, 6) is -3.99. The van der Waals surface area contributed by atoms with Gasteiger partial charge >= 0.3 is 11.9 Å². The van der Waals surface area contributed by atoms with E-state index in [4.69, 9.17) is 9.47 Å². The number of ether oxygens (including phenoxy) is 2. The first-order chi connectivity index (χ1) is 14.1. The van der Waals surface area contributed by atoms with Crippen molar-refractivity contribution in [1.29, 1.82) is 0 Å². The number of hydrogen-bond acceptors (Lipinski definition) is 8. The van der Waals surface area contributed by atoms with Crippen LogP contribution in [0.5, 0.6) is 0 Å². The Hall–Kier alpha value is -1.78. The van der Waals surface area contributed by atoms with E-state index in [1.165, 1.54) is 5.57 Å². The third kappa shape index (κ3) is 4.31. The summed E-state index contributed by atoms with van der Waals surface area (Å²) in [4.78, 5) is 24.7. The van der Waals surface area contributed by atoms with Gasteiger partial charge in [0, 0.05) is 0 Å². The number of carbonyl (C=O) groups excluding carboxylic acids is 1. The first-order valence-corrected chi connectivity index (χ1v) is 10.3. The SMILES string of the molecule is CC1=C2CC(C(C)C(=O)O)C(C(=O)O[C@@H]3O[C@H](CO)[C@@H](O)[C@H](O)[C@H]3O)C=C2CCC1. The van der Waals surface area contributed by atoms with Crippen molar-refractivity contribution in [2.24, 2.45) is 17.8 Å². The molecule has 5 N–H and O–H groups in total. The molecule has 1 saturated heterocycles. The maximum Gasteiger partial charge on any atom is 0.315 e. The van der Waals surface area contributed by atoms with Crippen molar-refractivity contribution in [3.05, 3.63) is 22.8 Å². The molecule has 9 heteroatoms. The molecule has 1 heterocycles. The molecule has 3 aliphatic rings. The van der Waals surface area contributed by atoms with Crippen molar-refractivity contribution in [3.8, 4) is 0 Å². The fourth-order valence-corrected chi connectivity index (χ4v) is 4.58. The van der Waals surface area contributed by atoms with Gasteiger partial charge in [-0.15, -0.1) is 0 Å². The molecule has 30 heavy (non-hydrogen) atoms. The van der Waals surface area contributed by atoms with E-state index >= 15 is 0 Å². The third-order valence-electron chi connectivity index (χ3n) is 6.57. The van der Waals surface area contributed by atoms with E-state index < -0.39 is 67.0 Å². The zero-order valence-electron chi connectivity index (χ0n) is 17.1. The second kappa shape index (κ2) is 9.15. The van der Waals surface area contributed by atoms with Crippen molar-refractivity contribution < 1.29 is 44.6 Å². The number of aliphatic carboxylic acids is 1. The predicted octanol–water partition coefficient (Wildman–Crippen LogP) is 0.113. The van der Waals surface area contributed by atoms with E-state index in [-0.39, 0.29) is 0 Å². The van der Waals surface area contributed by atoms with Gasteiger partial charge in [0.1, 0.15) is 24.4 Å². The van der Waals surface area contributed by atoms with E-state index in [0.29, 0.717) is 6.42 Å². The summed E-state index contributed by atoms with van der Waals surface area (Å²) >= 11 is 0. The highest BCUT2D eigenvalue weighted by atomic mass is 16.7. The molecular weight excluding hydrogens is 396 g/mol. The van der Waals surface area contributed by atoms with E-state index in [1.54, 1.807) is 13.0 Å². The average molecular weight is 426 g/mol. The van der Waals surface area contributed by atoms with Crippen LogP contribution in [0.2, 0.25) is 0 Å². The summed E-state index contributed by atoms with van der Waals surface area (Å²) in [7, 11) is 0. The maximum absolute atomic E-state index is 13.0. The maximum atomic E-state index is 13.0. The first-order valence-electron chi connectivity index (χ1n) is 10.3. The molecule has 0 spiro atoms. The second-order valence-corrected chi connectivity index (χ2v) is 8.46. The highest BCUT2D eigenvalue weighted by Gasteiger charge is 2.47. The number of aliphatic hydroxyl groups excluding tert-OH is 4. The number of carbonyl (C=O) groups is 2. The zero-order chi connectivity index (χ0) is 22.2. The first kappa shape index (κ1) is 22.9. The van der Waals surface area contributed by atoms with Gasteiger partial charge < -0.3 is 35.0 Å². The Bertz CT molecular complexity index is 741. The summed E-state index contributed by atoms with van der Waals surface area (Å²) in [6.07, 6.45) is -2.81. The van der Waals surface area contributed by atoms with Gasteiger partial charge in [0.25, 0.3) is 0 Å². The van der Waals surface area contributed by atoms with E-state index in [9.17, 15) is 35.1 Å². The molecule has 3 rings (SSSR count). The normalized spacial score (nSPS) is 37.8. The fourth-order valence-electron chi connectivity index (χ4n) is 4.58. The Morgan fingerprint density at radius 2 is 1.90 bits per heavy atom. The number of esters is 1. The Kier molecular flexibility index (Phi) is 6.98. The summed E-state index contributed by atoms with van der Waals surface area (Å²) in [5.41, 5.74) is 3.33. The molecule has 0 aromatic heterocycles. The van der Waals surface area contributed by atoms with Gasteiger partial charge in [-0.2, -0.15) is 0 Å². The quantitative estimate of drug-likeness (QED) is 0.385. The molecule has 1 fully saturated rings. The van der Waals surface area contributed by atoms with Gasteiger partial charge in [-0.05, 0) is 49.7 Å². The van der Waals surface area contributed by atoms with Gasteiger partial charge in [-0.25, -0.2) is 0 Å². The van der Waals surface area contributed by atoms with Crippen LogP contribution in [0, 0.1) is 17.8 Å². The van der Waals surface area contributed by atoms with Gasteiger partial charge in [0.2, 0.25) is 6.29 Å². The second-order valence-electron chi connectivity index (χ2n) is 8.46. The number of carboxylic acid groups (broad SMARTS) is 1. The van der Waals surface area contributed by atoms with Crippen LogP contribution in [0.1, 0.15) is 39.5 Å². The Morgan fingerprint density at radius 3 is 2.53 bits per heavy atom. The molecule has 0 radical (unpaired) electrons. The van der Waals surface area contributed by atoms with Crippen molar-refractivity contribution in [2.75, 3.05) is 6.61 Å². The topological polar surface area (TPSA) is 154 Å². The number of allylic oxidation sites excluding steroid dienone is 3. The van der Waals surface area contributed by atoms with Gasteiger partial charge in [-0.3, -0.25) is 9.59 Å². The molecule has 1 aliphatic heterocycles. The van der Waals surface area contributed by atoms with Gasteiger partial charge in [-0.1, -0.05) is 18.6 Å². The molecule has 2 aliphatic carbocycles. The Balaban J connectivity index is 1.85. The third-order valence-corrected chi connectivity index (χ3v) is 6.57. The fraction of sp³-hybridized carbons (Fsp3) is 0.714. The van der Waals surface area contributed by atoms with Gasteiger partial charge in [0.05, 0.1) is 18.4 Å². The lowest BCUT2D eigenvalue weighted by molar-refractivity contribution is -0.293. The molecule has 3 unspecified atom stereocenters. The highest BCUT2D eigenvalue weighted by molar-refractivity contribution is 5.78.